The first-order valence-electron chi connectivity index (χ1n) is 5.70. The number of aryl methyl sites for hydroxylation is 1. The number of carbonyl (C=O) groups is 1. The number of benzene rings is 1. The topological polar surface area (TPSA) is 64.4 Å². The number of nitrogens with zero attached hydrogens (tertiary/aromatic N) is 2. The molecule has 2 rings (SSSR count). The van der Waals surface area contributed by atoms with Gasteiger partial charge in [0.25, 0.3) is 0 Å². The van der Waals surface area contributed by atoms with Crippen LogP contribution in [-0.4, -0.2) is 26.6 Å². The Morgan fingerprint density at radius 2 is 2.06 bits per heavy atom. The highest BCUT2D eigenvalue weighted by atomic mass is 16.6. The van der Waals surface area contributed by atoms with Crippen molar-refractivity contribution in [1.82, 2.24) is 9.78 Å². The van der Waals surface area contributed by atoms with Gasteiger partial charge in [-0.2, -0.15) is 9.78 Å². The van der Waals surface area contributed by atoms with Crippen molar-refractivity contribution in [2.45, 2.75) is 33.3 Å². The van der Waals surface area contributed by atoms with E-state index in [1.807, 2.05) is 0 Å². The normalized spacial score (nSPS) is 11.8. The molecule has 0 bridgehead atoms. The summed E-state index contributed by atoms with van der Waals surface area (Å²) >= 11 is 0. The van der Waals surface area contributed by atoms with Crippen LogP contribution in [0.4, 0.5) is 4.79 Å². The van der Waals surface area contributed by atoms with Crippen LogP contribution >= 0.6 is 0 Å². The van der Waals surface area contributed by atoms with Gasteiger partial charge in [-0.05, 0) is 39.8 Å². The zero-order valence-electron chi connectivity index (χ0n) is 10.9. The molecule has 0 spiro atoms. The van der Waals surface area contributed by atoms with E-state index in [0.29, 0.717) is 16.6 Å². The van der Waals surface area contributed by atoms with Crippen molar-refractivity contribution < 1.29 is 14.6 Å². The zero-order chi connectivity index (χ0) is 13.5. The SMILES string of the molecule is Cc1nn(C(=O)OC(C)(C)C)c2cccc(O)c12. The first-order valence-corrected chi connectivity index (χ1v) is 5.70. The van der Waals surface area contributed by atoms with Crippen molar-refractivity contribution in [3.8, 4) is 5.75 Å². The van der Waals surface area contributed by atoms with Crippen molar-refractivity contribution in [3.05, 3.63) is 23.9 Å². The van der Waals surface area contributed by atoms with Gasteiger partial charge in [0.1, 0.15) is 11.4 Å². The zero-order valence-corrected chi connectivity index (χ0v) is 10.9. The Morgan fingerprint density at radius 1 is 1.39 bits per heavy atom. The molecule has 0 aliphatic carbocycles. The van der Waals surface area contributed by atoms with Crippen LogP contribution in [0.15, 0.2) is 18.2 Å². The monoisotopic (exact) mass is 248 g/mol. The fourth-order valence-electron chi connectivity index (χ4n) is 1.77. The summed E-state index contributed by atoms with van der Waals surface area (Å²) in [6.45, 7) is 7.12. The third-order valence-electron chi connectivity index (χ3n) is 2.43. The van der Waals surface area contributed by atoms with E-state index in [-0.39, 0.29) is 5.75 Å². The summed E-state index contributed by atoms with van der Waals surface area (Å²) in [4.78, 5) is 12.0. The smallest absolute Gasteiger partial charge is 0.435 e. The van der Waals surface area contributed by atoms with Crippen molar-refractivity contribution in [2.75, 3.05) is 0 Å². The Balaban J connectivity index is 2.53. The van der Waals surface area contributed by atoms with E-state index in [2.05, 4.69) is 5.10 Å². The minimum absolute atomic E-state index is 0.111. The lowest BCUT2D eigenvalue weighted by Crippen LogP contribution is -2.27. The van der Waals surface area contributed by atoms with Gasteiger partial charge in [0.2, 0.25) is 0 Å². The molecule has 1 aromatic heterocycles. The van der Waals surface area contributed by atoms with E-state index >= 15 is 0 Å². The van der Waals surface area contributed by atoms with E-state index in [1.54, 1.807) is 45.9 Å². The molecule has 0 atom stereocenters. The van der Waals surface area contributed by atoms with Gasteiger partial charge in [0.15, 0.2) is 0 Å². The molecule has 0 amide bonds. The molecule has 0 aliphatic heterocycles. The lowest BCUT2D eigenvalue weighted by molar-refractivity contribution is 0.0522. The molecule has 0 radical (unpaired) electrons. The van der Waals surface area contributed by atoms with Crippen molar-refractivity contribution in [1.29, 1.82) is 0 Å². The molecular weight excluding hydrogens is 232 g/mol. The molecular formula is C13H16N2O3. The Morgan fingerprint density at radius 3 is 2.67 bits per heavy atom. The highest BCUT2D eigenvalue weighted by Gasteiger charge is 2.21. The highest BCUT2D eigenvalue weighted by Crippen LogP contribution is 2.27. The van der Waals surface area contributed by atoms with Gasteiger partial charge in [0.05, 0.1) is 16.6 Å². The number of ether oxygens (including phenoxy) is 1. The number of phenolic OH excluding ortho intramolecular Hbond substituents is 1. The fourth-order valence-corrected chi connectivity index (χ4v) is 1.77. The second kappa shape index (κ2) is 4.01. The third kappa shape index (κ3) is 2.16. The molecule has 0 unspecified atom stereocenters. The van der Waals surface area contributed by atoms with Gasteiger partial charge in [-0.25, -0.2) is 4.79 Å². The maximum absolute atomic E-state index is 12.0. The molecule has 96 valence electrons. The Labute approximate surface area is 105 Å². The number of phenols is 1. The summed E-state index contributed by atoms with van der Waals surface area (Å²) in [5.74, 6) is 0.111. The van der Waals surface area contributed by atoms with E-state index in [9.17, 15) is 9.90 Å². The van der Waals surface area contributed by atoms with Crippen LogP contribution < -0.4 is 0 Å². The second-order valence-corrected chi connectivity index (χ2v) is 5.15. The first kappa shape index (κ1) is 12.4. The number of aromatic hydroxyl groups is 1. The van der Waals surface area contributed by atoms with Crippen LogP contribution in [0.5, 0.6) is 5.75 Å². The molecule has 5 nitrogen and oxygen atoms in total. The van der Waals surface area contributed by atoms with E-state index in [0.717, 1.165) is 0 Å². The van der Waals surface area contributed by atoms with Gasteiger partial charge < -0.3 is 9.84 Å². The van der Waals surface area contributed by atoms with Gasteiger partial charge in [-0.1, -0.05) is 6.07 Å². The quantitative estimate of drug-likeness (QED) is 0.778. The number of fused-ring (bicyclic) bond motifs is 1. The third-order valence-corrected chi connectivity index (χ3v) is 2.43. The van der Waals surface area contributed by atoms with Crippen molar-refractivity contribution in [2.24, 2.45) is 0 Å². The Kier molecular flexibility index (Phi) is 2.77. The number of carbonyl (C=O) groups excluding carboxylic acids is 1. The van der Waals surface area contributed by atoms with Crippen LogP contribution in [0, 0.1) is 6.92 Å². The molecule has 2 aromatic rings. The molecule has 0 saturated heterocycles. The van der Waals surface area contributed by atoms with Gasteiger partial charge >= 0.3 is 6.09 Å². The van der Waals surface area contributed by atoms with Crippen LogP contribution in [-0.2, 0) is 4.74 Å². The van der Waals surface area contributed by atoms with Crippen LogP contribution in [0.25, 0.3) is 10.9 Å². The summed E-state index contributed by atoms with van der Waals surface area (Å²) in [6.07, 6.45) is -0.550. The molecule has 5 heteroatoms. The second-order valence-electron chi connectivity index (χ2n) is 5.15. The number of hydrogen-bond acceptors (Lipinski definition) is 4. The molecule has 0 saturated carbocycles. The van der Waals surface area contributed by atoms with Gasteiger partial charge in [0, 0.05) is 0 Å². The van der Waals surface area contributed by atoms with Gasteiger partial charge in [-0.15, -0.1) is 0 Å². The maximum Gasteiger partial charge on any atom is 0.435 e. The van der Waals surface area contributed by atoms with Crippen LogP contribution in [0.1, 0.15) is 26.5 Å². The van der Waals surface area contributed by atoms with Crippen LogP contribution in [0.2, 0.25) is 0 Å². The summed E-state index contributed by atoms with van der Waals surface area (Å²) in [6, 6.07) is 4.95. The summed E-state index contributed by atoms with van der Waals surface area (Å²) in [7, 11) is 0. The van der Waals surface area contributed by atoms with Gasteiger partial charge in [-0.3, -0.25) is 0 Å². The number of aromatic nitrogens is 2. The molecule has 1 aromatic carbocycles. The van der Waals surface area contributed by atoms with E-state index < -0.39 is 11.7 Å². The van der Waals surface area contributed by atoms with E-state index in [4.69, 9.17) is 4.74 Å². The maximum atomic E-state index is 12.0. The summed E-state index contributed by atoms with van der Waals surface area (Å²) in [5.41, 5.74) is 0.552. The lowest BCUT2D eigenvalue weighted by atomic mass is 10.2. The minimum Gasteiger partial charge on any atom is -0.507 e. The molecule has 0 fully saturated rings. The lowest BCUT2D eigenvalue weighted by Gasteiger charge is -2.19. The van der Waals surface area contributed by atoms with Crippen molar-refractivity contribution >= 4 is 17.0 Å². The standard InChI is InChI=1S/C13H16N2O3/c1-8-11-9(6-5-7-10(11)16)15(14-8)12(17)18-13(2,3)4/h5-7,16H,1-4H3. The Bertz CT molecular complexity index is 608. The first-order chi connectivity index (χ1) is 8.29. The van der Waals surface area contributed by atoms with E-state index in [1.165, 1.54) is 4.68 Å². The number of hydrogen-bond donors (Lipinski definition) is 1. The molecule has 1 heterocycles. The van der Waals surface area contributed by atoms with Crippen molar-refractivity contribution in [3.63, 3.8) is 0 Å². The molecule has 1 N–H and O–H groups in total. The average molecular weight is 248 g/mol. The average Bonchev–Trinajstić information content (AvgIpc) is 2.55. The minimum atomic E-state index is -0.583. The largest absolute Gasteiger partial charge is 0.507 e. The highest BCUT2D eigenvalue weighted by molar-refractivity contribution is 5.93. The number of rotatable bonds is 0. The summed E-state index contributed by atoms with van der Waals surface area (Å²) in [5, 5.41) is 14.5. The molecule has 0 aliphatic rings. The molecule has 18 heavy (non-hydrogen) atoms. The van der Waals surface area contributed by atoms with Crippen LogP contribution in [0.3, 0.4) is 0 Å². The fraction of sp³-hybridized carbons (Fsp3) is 0.385. The predicted molar refractivity (Wildman–Crippen MR) is 67.8 cm³/mol. The summed E-state index contributed by atoms with van der Waals surface area (Å²) < 4.78 is 6.44. The predicted octanol–water partition coefficient (Wildman–Crippen LogP) is 2.83. The Hall–Kier alpha value is -2.04.